The molecule has 0 aromatic carbocycles. The van der Waals surface area contributed by atoms with E-state index in [1.54, 1.807) is 6.20 Å². The molecule has 5 heteroatoms. The fourth-order valence-electron chi connectivity index (χ4n) is 1.81. The smallest absolute Gasteiger partial charge is 0.343 e. The Morgan fingerprint density at radius 1 is 1.15 bits per heavy atom. The molecule has 20 heavy (non-hydrogen) atoms. The van der Waals surface area contributed by atoms with Gasteiger partial charge >= 0.3 is 5.97 Å². The summed E-state index contributed by atoms with van der Waals surface area (Å²) in [7, 11) is -1.31. The first-order valence-electron chi connectivity index (χ1n) is 7.03. The minimum Gasteiger partial charge on any atom is -0.545 e. The van der Waals surface area contributed by atoms with E-state index in [2.05, 4.69) is 38.8 Å². The molecule has 0 spiro atoms. The second-order valence-electron chi connectivity index (χ2n) is 7.32. The molecule has 0 aliphatic carbocycles. The lowest BCUT2D eigenvalue weighted by molar-refractivity contribution is 0.00680. The van der Waals surface area contributed by atoms with Gasteiger partial charge in [-0.2, -0.15) is 0 Å². The zero-order valence-electron chi connectivity index (χ0n) is 13.9. The van der Waals surface area contributed by atoms with Gasteiger partial charge in [-0.25, -0.2) is 4.79 Å². The van der Waals surface area contributed by atoms with Crippen LogP contribution in [-0.4, -0.2) is 25.6 Å². The largest absolute Gasteiger partial charge is 0.545 e. The molecule has 0 saturated carbocycles. The van der Waals surface area contributed by atoms with Crippen LogP contribution >= 0.6 is 0 Å². The average molecular weight is 297 g/mol. The summed E-state index contributed by atoms with van der Waals surface area (Å²) in [4.78, 5) is 15.5. The van der Waals surface area contributed by atoms with E-state index in [0.29, 0.717) is 11.3 Å². The van der Waals surface area contributed by atoms with Crippen LogP contribution in [0.25, 0.3) is 0 Å². The third kappa shape index (κ3) is 4.40. The second kappa shape index (κ2) is 5.64. The maximum atomic E-state index is 12.3. The van der Waals surface area contributed by atoms with E-state index >= 15 is 0 Å². The second-order valence-corrected chi connectivity index (χ2v) is 9.66. The van der Waals surface area contributed by atoms with Crippen molar-refractivity contribution in [3.8, 4) is 5.75 Å². The van der Waals surface area contributed by atoms with Crippen molar-refractivity contribution in [1.29, 1.82) is 0 Å². The van der Waals surface area contributed by atoms with Crippen LogP contribution in [0.3, 0.4) is 0 Å². The quantitative estimate of drug-likeness (QED) is 0.684. The number of carbonyl (C=O) groups excluding carboxylic acids is 1. The zero-order chi connectivity index (χ0) is 15.7. The third-order valence-corrected chi connectivity index (χ3v) is 3.26. The van der Waals surface area contributed by atoms with Gasteiger partial charge in [-0.3, -0.25) is 0 Å². The maximum Gasteiger partial charge on any atom is 0.343 e. The molecule has 0 radical (unpaired) electrons. The molecule has 1 N–H and O–H groups in total. The SMILES string of the molecule is C[SiH](C)Oc1c(C(=O)OC(C)(C)C)c[nH]c1C(C)(C)C. The Morgan fingerprint density at radius 3 is 2.10 bits per heavy atom. The molecular formula is C15H27NO3Si. The summed E-state index contributed by atoms with van der Waals surface area (Å²) in [6.07, 6.45) is 1.70. The van der Waals surface area contributed by atoms with Crippen molar-refractivity contribution in [1.82, 2.24) is 4.98 Å². The van der Waals surface area contributed by atoms with Crippen molar-refractivity contribution in [3.63, 3.8) is 0 Å². The van der Waals surface area contributed by atoms with Crippen LogP contribution in [0.15, 0.2) is 6.20 Å². The van der Waals surface area contributed by atoms with Gasteiger partial charge in [-0.05, 0) is 33.9 Å². The summed E-state index contributed by atoms with van der Waals surface area (Å²) in [5.74, 6) is 0.322. The summed E-state index contributed by atoms with van der Waals surface area (Å²) < 4.78 is 11.4. The molecule has 0 aliphatic heterocycles. The first-order chi connectivity index (χ1) is 8.92. The van der Waals surface area contributed by atoms with Crippen LogP contribution in [0.2, 0.25) is 13.1 Å². The summed E-state index contributed by atoms with van der Waals surface area (Å²) in [5.41, 5.74) is 0.812. The molecule has 0 amide bonds. The average Bonchev–Trinajstić information content (AvgIpc) is 2.56. The van der Waals surface area contributed by atoms with Crippen molar-refractivity contribution >= 4 is 15.0 Å². The summed E-state index contributed by atoms with van der Waals surface area (Å²) in [5, 5.41) is 0. The first-order valence-corrected chi connectivity index (χ1v) is 9.82. The number of nitrogens with one attached hydrogen (secondary N) is 1. The Hall–Kier alpha value is -1.23. The highest BCUT2D eigenvalue weighted by molar-refractivity contribution is 6.49. The summed E-state index contributed by atoms with van der Waals surface area (Å²) in [6, 6.07) is 0. The Labute approximate surface area is 123 Å². The fourth-order valence-corrected chi connectivity index (χ4v) is 2.53. The van der Waals surface area contributed by atoms with E-state index in [9.17, 15) is 4.79 Å². The highest BCUT2D eigenvalue weighted by atomic mass is 28.3. The first kappa shape index (κ1) is 16.8. The number of H-pyrrole nitrogens is 1. The van der Waals surface area contributed by atoms with Gasteiger partial charge in [0.2, 0.25) is 9.04 Å². The van der Waals surface area contributed by atoms with Crippen LogP contribution in [0, 0.1) is 0 Å². The van der Waals surface area contributed by atoms with Gasteiger partial charge in [-0.15, -0.1) is 0 Å². The molecule has 0 saturated heterocycles. The molecule has 0 atom stereocenters. The topological polar surface area (TPSA) is 51.3 Å². The Morgan fingerprint density at radius 2 is 1.70 bits per heavy atom. The van der Waals surface area contributed by atoms with Gasteiger partial charge in [0.15, 0.2) is 0 Å². The molecule has 0 bridgehead atoms. The predicted octanol–water partition coefficient (Wildman–Crippen LogP) is 3.63. The third-order valence-electron chi connectivity index (χ3n) is 2.55. The minimum atomic E-state index is -1.31. The summed E-state index contributed by atoms with van der Waals surface area (Å²) >= 11 is 0. The number of aromatic amines is 1. The number of esters is 1. The number of hydrogen-bond acceptors (Lipinski definition) is 3. The zero-order valence-corrected chi connectivity index (χ0v) is 15.0. The molecule has 0 aliphatic rings. The summed E-state index contributed by atoms with van der Waals surface area (Å²) in [6.45, 7) is 16.0. The van der Waals surface area contributed by atoms with Gasteiger partial charge < -0.3 is 14.1 Å². The van der Waals surface area contributed by atoms with Crippen LogP contribution < -0.4 is 4.43 Å². The van der Waals surface area contributed by atoms with Crippen molar-refractivity contribution in [3.05, 3.63) is 17.5 Å². The van der Waals surface area contributed by atoms with Crippen LogP contribution in [0.5, 0.6) is 5.75 Å². The van der Waals surface area contributed by atoms with Crippen LogP contribution in [0.1, 0.15) is 57.6 Å². The lowest BCUT2D eigenvalue weighted by Gasteiger charge is -2.23. The van der Waals surface area contributed by atoms with Crippen LogP contribution in [0.4, 0.5) is 0 Å². The normalized spacial score (nSPS) is 12.7. The molecule has 114 valence electrons. The molecule has 1 rings (SSSR count). The van der Waals surface area contributed by atoms with E-state index in [1.165, 1.54) is 0 Å². The fraction of sp³-hybridized carbons (Fsp3) is 0.667. The van der Waals surface area contributed by atoms with Gasteiger partial charge in [0, 0.05) is 11.6 Å². The van der Waals surface area contributed by atoms with E-state index in [-0.39, 0.29) is 11.4 Å². The predicted molar refractivity (Wildman–Crippen MR) is 84.2 cm³/mol. The van der Waals surface area contributed by atoms with Gasteiger partial charge in [0.05, 0.1) is 5.69 Å². The Kier molecular flexibility index (Phi) is 4.74. The number of hydrogen-bond donors (Lipinski definition) is 1. The lowest BCUT2D eigenvalue weighted by atomic mass is 9.91. The molecule has 4 nitrogen and oxygen atoms in total. The number of aromatic nitrogens is 1. The molecular weight excluding hydrogens is 270 g/mol. The molecule has 0 unspecified atom stereocenters. The lowest BCUT2D eigenvalue weighted by Crippen LogP contribution is -2.25. The highest BCUT2D eigenvalue weighted by Crippen LogP contribution is 2.34. The number of rotatable bonds is 3. The van der Waals surface area contributed by atoms with Crippen molar-refractivity contribution in [2.75, 3.05) is 0 Å². The monoisotopic (exact) mass is 297 g/mol. The van der Waals surface area contributed by atoms with E-state index in [0.717, 1.165) is 5.69 Å². The standard InChI is InChI=1S/C15H27NO3Si/c1-14(2,3)12-11(19-20(7)8)10(9-16-12)13(17)18-15(4,5)6/h9,16,20H,1-8H3. The molecule has 1 heterocycles. The molecule has 1 aromatic rings. The van der Waals surface area contributed by atoms with Crippen molar-refractivity contribution in [2.45, 2.75) is 65.7 Å². The molecule has 0 fully saturated rings. The van der Waals surface area contributed by atoms with Crippen LogP contribution in [-0.2, 0) is 10.2 Å². The molecule has 1 aromatic heterocycles. The Balaban J connectivity index is 3.20. The minimum absolute atomic E-state index is 0.112. The van der Waals surface area contributed by atoms with Gasteiger partial charge in [0.25, 0.3) is 0 Å². The van der Waals surface area contributed by atoms with Gasteiger partial charge in [-0.1, -0.05) is 20.8 Å². The van der Waals surface area contributed by atoms with E-state index < -0.39 is 14.6 Å². The van der Waals surface area contributed by atoms with E-state index in [4.69, 9.17) is 9.16 Å². The number of ether oxygens (including phenoxy) is 1. The van der Waals surface area contributed by atoms with Gasteiger partial charge in [0.1, 0.15) is 16.9 Å². The Bertz CT molecular complexity index is 478. The highest BCUT2D eigenvalue weighted by Gasteiger charge is 2.29. The maximum absolute atomic E-state index is 12.3. The van der Waals surface area contributed by atoms with Crippen molar-refractivity contribution < 1.29 is 14.0 Å². The number of carbonyl (C=O) groups is 1. The van der Waals surface area contributed by atoms with E-state index in [1.807, 2.05) is 20.8 Å². The van der Waals surface area contributed by atoms with Crippen molar-refractivity contribution in [2.24, 2.45) is 0 Å².